The van der Waals surface area contributed by atoms with E-state index in [1.807, 2.05) is 0 Å². The predicted molar refractivity (Wildman–Crippen MR) is 214 cm³/mol. The van der Waals surface area contributed by atoms with Gasteiger partial charge in [0.1, 0.15) is 6.04 Å². The predicted octanol–water partition coefficient (Wildman–Crippen LogP) is 11.1. The number of esters is 1. The van der Waals surface area contributed by atoms with Crippen molar-refractivity contribution in [3.63, 3.8) is 0 Å². The van der Waals surface area contributed by atoms with E-state index in [4.69, 9.17) is 4.74 Å². The van der Waals surface area contributed by atoms with Crippen LogP contribution in [0.25, 0.3) is 0 Å². The van der Waals surface area contributed by atoms with Crippen LogP contribution in [0.5, 0.6) is 0 Å². The third-order valence-electron chi connectivity index (χ3n) is 11.7. The molecule has 1 saturated carbocycles. The van der Waals surface area contributed by atoms with Gasteiger partial charge in [-0.25, -0.2) is 0 Å². The molecule has 0 radical (unpaired) electrons. The number of unbranched alkanes of at least 4 members (excludes halogenated alkanes) is 17. The van der Waals surface area contributed by atoms with E-state index < -0.39 is 6.04 Å². The van der Waals surface area contributed by atoms with Crippen molar-refractivity contribution in [1.82, 2.24) is 15.1 Å². The molecule has 2 fully saturated rings. The Morgan fingerprint density at radius 1 is 0.667 bits per heavy atom. The van der Waals surface area contributed by atoms with Gasteiger partial charge in [0.15, 0.2) is 6.61 Å². The van der Waals surface area contributed by atoms with Crippen molar-refractivity contribution in [3.8, 4) is 0 Å². The summed E-state index contributed by atoms with van der Waals surface area (Å²) in [7, 11) is 0. The molecule has 2 amide bonds. The van der Waals surface area contributed by atoms with Gasteiger partial charge in [-0.3, -0.25) is 14.4 Å². The van der Waals surface area contributed by atoms with Gasteiger partial charge in [-0.15, -0.1) is 0 Å². The number of ether oxygens (including phenoxy) is 1. The molecular weight excluding hydrogens is 635 g/mol. The van der Waals surface area contributed by atoms with Crippen molar-refractivity contribution in [3.05, 3.63) is 0 Å². The third kappa shape index (κ3) is 22.2. The molecule has 1 aliphatic carbocycles. The van der Waals surface area contributed by atoms with E-state index in [1.54, 1.807) is 4.90 Å². The molecule has 0 aromatic carbocycles. The number of likely N-dealkylation sites (tertiary alicyclic amines) is 1. The van der Waals surface area contributed by atoms with Crippen LogP contribution < -0.4 is 5.32 Å². The van der Waals surface area contributed by atoms with Crippen LogP contribution in [-0.2, 0) is 19.1 Å². The maximum Gasteiger partial charge on any atom is 0.306 e. The van der Waals surface area contributed by atoms with Gasteiger partial charge < -0.3 is 19.9 Å². The zero-order valence-electron chi connectivity index (χ0n) is 34.0. The summed E-state index contributed by atoms with van der Waals surface area (Å²) >= 11 is 0. The lowest BCUT2D eigenvalue weighted by molar-refractivity contribution is -0.154. The average Bonchev–Trinajstić information content (AvgIpc) is 3.40. The molecule has 0 aromatic heterocycles. The Morgan fingerprint density at radius 3 is 1.76 bits per heavy atom. The second kappa shape index (κ2) is 30.8. The highest BCUT2D eigenvalue weighted by Gasteiger charge is 2.31. The number of nitrogens with zero attached hydrogens (tertiary/aromatic N) is 2. The number of nitrogens with one attached hydrogen (secondary N) is 1. The van der Waals surface area contributed by atoms with E-state index in [9.17, 15) is 14.4 Å². The number of hydrogen-bond acceptors (Lipinski definition) is 5. The van der Waals surface area contributed by atoms with Gasteiger partial charge in [-0.1, -0.05) is 162 Å². The van der Waals surface area contributed by atoms with Crippen LogP contribution in [0.4, 0.5) is 0 Å². The zero-order valence-corrected chi connectivity index (χ0v) is 34.0. The minimum Gasteiger partial charge on any atom is -0.456 e. The van der Waals surface area contributed by atoms with Crippen LogP contribution in [0.2, 0.25) is 0 Å². The fraction of sp³-hybridized carbons (Fsp3) is 0.932. The van der Waals surface area contributed by atoms with E-state index in [1.165, 1.54) is 122 Å². The molecule has 7 heteroatoms. The fourth-order valence-corrected chi connectivity index (χ4v) is 8.24. The zero-order chi connectivity index (χ0) is 36.8. The maximum atomic E-state index is 14.0. The van der Waals surface area contributed by atoms with Crippen molar-refractivity contribution in [1.29, 1.82) is 0 Å². The summed E-state index contributed by atoms with van der Waals surface area (Å²) in [6.45, 7) is 9.10. The van der Waals surface area contributed by atoms with Gasteiger partial charge in [0.2, 0.25) is 5.91 Å². The van der Waals surface area contributed by atoms with Crippen LogP contribution in [-0.4, -0.2) is 72.0 Å². The number of carbonyl (C=O) groups excluding carboxylic acids is 3. The SMILES string of the molecule is CCCCCCCCCCCCCCCC(=O)OCC(=O)N(CCCN1CCCCC1C)C(CCCCCCCC)C(=O)NC1CCCCCC1. The van der Waals surface area contributed by atoms with Gasteiger partial charge in [0.05, 0.1) is 0 Å². The molecule has 1 saturated heterocycles. The van der Waals surface area contributed by atoms with Crippen LogP contribution >= 0.6 is 0 Å². The quantitative estimate of drug-likeness (QED) is 0.0455. The molecule has 298 valence electrons. The molecule has 2 aliphatic rings. The monoisotopic (exact) mass is 718 g/mol. The summed E-state index contributed by atoms with van der Waals surface area (Å²) in [4.78, 5) is 45.0. The fourth-order valence-electron chi connectivity index (χ4n) is 8.24. The van der Waals surface area contributed by atoms with Crippen molar-refractivity contribution in [2.75, 3.05) is 26.2 Å². The summed E-state index contributed by atoms with van der Waals surface area (Å²) < 4.78 is 5.60. The lowest BCUT2D eigenvalue weighted by atomic mass is 10.0. The number of rotatable bonds is 30. The Kier molecular flexibility index (Phi) is 27.5. The van der Waals surface area contributed by atoms with E-state index in [0.717, 1.165) is 77.3 Å². The van der Waals surface area contributed by atoms with Crippen LogP contribution in [0, 0.1) is 0 Å². The number of piperidine rings is 1. The third-order valence-corrected chi connectivity index (χ3v) is 11.7. The van der Waals surface area contributed by atoms with Gasteiger partial charge in [-0.2, -0.15) is 0 Å². The lowest BCUT2D eigenvalue weighted by Gasteiger charge is -2.35. The normalized spacial score (nSPS) is 17.9. The maximum absolute atomic E-state index is 14.0. The second-order valence-electron chi connectivity index (χ2n) is 16.2. The molecule has 7 nitrogen and oxygen atoms in total. The summed E-state index contributed by atoms with van der Waals surface area (Å²) in [6.07, 6.45) is 35.7. The molecule has 1 heterocycles. The van der Waals surface area contributed by atoms with E-state index in [2.05, 4.69) is 31.0 Å². The summed E-state index contributed by atoms with van der Waals surface area (Å²) in [5, 5.41) is 3.38. The molecule has 2 atom stereocenters. The number of carbonyl (C=O) groups is 3. The summed E-state index contributed by atoms with van der Waals surface area (Å²) in [5.74, 6) is -0.509. The Balaban J connectivity index is 1.89. The van der Waals surface area contributed by atoms with Crippen molar-refractivity contribution in [2.24, 2.45) is 0 Å². The smallest absolute Gasteiger partial charge is 0.306 e. The Hall–Kier alpha value is -1.63. The first-order chi connectivity index (χ1) is 25.0. The average molecular weight is 718 g/mol. The van der Waals surface area contributed by atoms with Gasteiger partial charge >= 0.3 is 5.97 Å². The molecule has 2 rings (SSSR count). The van der Waals surface area contributed by atoms with Gasteiger partial charge in [0.25, 0.3) is 5.91 Å². The van der Waals surface area contributed by atoms with Gasteiger partial charge in [-0.05, 0) is 58.4 Å². The van der Waals surface area contributed by atoms with Gasteiger partial charge in [0, 0.05) is 31.6 Å². The minimum atomic E-state index is -0.509. The Labute approximate surface area is 315 Å². The standard InChI is InChI=1S/C44H83N3O4/c1-4-6-8-10-12-13-14-15-16-17-18-20-26-34-43(49)51-38-42(48)47(37-29-36-46-35-28-27-30-39(46)3)41(33-25-19-11-9-7-5-2)44(50)45-40-31-23-21-22-24-32-40/h39-41H,4-38H2,1-3H3,(H,45,50). The largest absolute Gasteiger partial charge is 0.456 e. The molecule has 1 aliphatic heterocycles. The summed E-state index contributed by atoms with van der Waals surface area (Å²) in [6, 6.07) is 0.244. The Morgan fingerprint density at radius 2 is 1.20 bits per heavy atom. The molecule has 51 heavy (non-hydrogen) atoms. The van der Waals surface area contributed by atoms with Crippen molar-refractivity contribution < 1.29 is 19.1 Å². The van der Waals surface area contributed by atoms with Crippen molar-refractivity contribution in [2.45, 2.75) is 238 Å². The van der Waals surface area contributed by atoms with Crippen molar-refractivity contribution >= 4 is 17.8 Å². The highest BCUT2D eigenvalue weighted by Crippen LogP contribution is 2.21. The first kappa shape index (κ1) is 45.5. The first-order valence-corrected chi connectivity index (χ1v) is 22.5. The molecule has 0 bridgehead atoms. The lowest BCUT2D eigenvalue weighted by Crippen LogP contribution is -2.53. The van der Waals surface area contributed by atoms with Crippen LogP contribution in [0.1, 0.15) is 220 Å². The molecular formula is C44H83N3O4. The molecule has 0 aromatic rings. The summed E-state index contributed by atoms with van der Waals surface area (Å²) in [5.41, 5.74) is 0. The first-order valence-electron chi connectivity index (χ1n) is 22.5. The number of amides is 2. The van der Waals surface area contributed by atoms with E-state index in [0.29, 0.717) is 25.4 Å². The second-order valence-corrected chi connectivity index (χ2v) is 16.2. The van der Waals surface area contributed by atoms with Crippen LogP contribution in [0.3, 0.4) is 0 Å². The molecule has 2 unspecified atom stereocenters. The van der Waals surface area contributed by atoms with E-state index >= 15 is 0 Å². The minimum absolute atomic E-state index is 0.00607. The molecule has 0 spiro atoms. The highest BCUT2D eigenvalue weighted by molar-refractivity contribution is 5.89. The van der Waals surface area contributed by atoms with Crippen LogP contribution in [0.15, 0.2) is 0 Å². The van der Waals surface area contributed by atoms with E-state index in [-0.39, 0.29) is 30.4 Å². The molecule has 1 N–H and O–H groups in total. The topological polar surface area (TPSA) is 79.0 Å². The Bertz CT molecular complexity index is 874. The number of hydrogen-bond donors (Lipinski definition) is 1. The highest BCUT2D eigenvalue weighted by atomic mass is 16.5.